The standard InChI is InChI=1S/C17H20FN3O2/c1-2-19-17(22)15-11-23-16(20-15)10-21(14-6-7-14)9-12-4-3-5-13(18)8-12/h3-5,8,11,14H,2,6-7,9-10H2,1H3,(H,19,22). The topological polar surface area (TPSA) is 58.4 Å². The summed E-state index contributed by atoms with van der Waals surface area (Å²) in [7, 11) is 0. The molecule has 1 aliphatic carbocycles. The first-order valence-electron chi connectivity index (χ1n) is 7.87. The Balaban J connectivity index is 1.67. The highest BCUT2D eigenvalue weighted by Crippen LogP contribution is 2.29. The first-order chi connectivity index (χ1) is 11.2. The Bertz CT molecular complexity index is 682. The molecule has 1 aliphatic rings. The fourth-order valence-electron chi connectivity index (χ4n) is 2.54. The molecular formula is C17H20FN3O2. The van der Waals surface area contributed by atoms with Crippen LogP contribution in [-0.4, -0.2) is 28.4 Å². The number of aromatic nitrogens is 1. The third-order valence-corrected chi connectivity index (χ3v) is 3.80. The molecule has 3 rings (SSSR count). The minimum absolute atomic E-state index is 0.229. The number of nitrogens with zero attached hydrogens (tertiary/aromatic N) is 2. The molecular weight excluding hydrogens is 297 g/mol. The molecule has 0 bridgehead atoms. The van der Waals surface area contributed by atoms with Crippen LogP contribution >= 0.6 is 0 Å². The van der Waals surface area contributed by atoms with Crippen LogP contribution in [0.5, 0.6) is 0 Å². The van der Waals surface area contributed by atoms with Crippen LogP contribution in [0.25, 0.3) is 0 Å². The highest BCUT2D eigenvalue weighted by atomic mass is 19.1. The molecule has 0 spiro atoms. The van der Waals surface area contributed by atoms with Crippen LogP contribution in [0.4, 0.5) is 4.39 Å². The Morgan fingerprint density at radius 1 is 1.43 bits per heavy atom. The van der Waals surface area contributed by atoms with E-state index >= 15 is 0 Å². The van der Waals surface area contributed by atoms with E-state index in [9.17, 15) is 9.18 Å². The molecule has 0 aliphatic heterocycles. The maximum atomic E-state index is 13.3. The minimum atomic E-state index is -0.231. The van der Waals surface area contributed by atoms with E-state index in [1.807, 2.05) is 13.0 Å². The fraction of sp³-hybridized carbons (Fsp3) is 0.412. The molecule has 0 saturated heterocycles. The number of hydrogen-bond acceptors (Lipinski definition) is 4. The van der Waals surface area contributed by atoms with Gasteiger partial charge in [-0.1, -0.05) is 12.1 Å². The van der Waals surface area contributed by atoms with Crippen molar-refractivity contribution in [3.8, 4) is 0 Å². The molecule has 1 fully saturated rings. The number of benzene rings is 1. The average molecular weight is 317 g/mol. The van der Waals surface area contributed by atoms with E-state index in [0.29, 0.717) is 37.3 Å². The lowest BCUT2D eigenvalue weighted by atomic mass is 10.2. The van der Waals surface area contributed by atoms with Crippen molar-refractivity contribution >= 4 is 5.91 Å². The summed E-state index contributed by atoms with van der Waals surface area (Å²) in [6.45, 7) is 3.56. The molecule has 0 atom stereocenters. The van der Waals surface area contributed by atoms with Gasteiger partial charge < -0.3 is 9.73 Å². The molecule has 23 heavy (non-hydrogen) atoms. The Morgan fingerprint density at radius 2 is 2.26 bits per heavy atom. The van der Waals surface area contributed by atoms with Gasteiger partial charge in [-0.3, -0.25) is 9.69 Å². The van der Waals surface area contributed by atoms with Crippen LogP contribution in [0.3, 0.4) is 0 Å². The van der Waals surface area contributed by atoms with Gasteiger partial charge in [-0.2, -0.15) is 0 Å². The largest absolute Gasteiger partial charge is 0.447 e. The highest BCUT2D eigenvalue weighted by molar-refractivity contribution is 5.91. The van der Waals surface area contributed by atoms with Gasteiger partial charge in [0, 0.05) is 19.1 Å². The van der Waals surface area contributed by atoms with Gasteiger partial charge in [0.15, 0.2) is 5.69 Å². The monoisotopic (exact) mass is 317 g/mol. The van der Waals surface area contributed by atoms with Crippen molar-refractivity contribution in [2.24, 2.45) is 0 Å². The van der Waals surface area contributed by atoms with Crippen LogP contribution in [0.1, 0.15) is 41.7 Å². The molecule has 1 aromatic carbocycles. The van der Waals surface area contributed by atoms with Crippen molar-refractivity contribution in [1.29, 1.82) is 0 Å². The van der Waals surface area contributed by atoms with Crippen molar-refractivity contribution in [2.75, 3.05) is 6.54 Å². The second-order valence-electron chi connectivity index (χ2n) is 5.75. The first kappa shape index (κ1) is 15.7. The molecule has 5 nitrogen and oxygen atoms in total. The maximum Gasteiger partial charge on any atom is 0.273 e. The highest BCUT2D eigenvalue weighted by Gasteiger charge is 2.30. The van der Waals surface area contributed by atoms with Crippen molar-refractivity contribution in [3.05, 3.63) is 53.5 Å². The van der Waals surface area contributed by atoms with Gasteiger partial charge in [-0.05, 0) is 37.5 Å². The number of halogens is 1. The molecule has 1 saturated carbocycles. The Kier molecular flexibility index (Phi) is 4.71. The lowest BCUT2D eigenvalue weighted by molar-refractivity contribution is 0.0950. The van der Waals surface area contributed by atoms with Crippen LogP contribution in [0.2, 0.25) is 0 Å². The number of hydrogen-bond donors (Lipinski definition) is 1. The molecule has 0 unspecified atom stereocenters. The number of rotatable bonds is 7. The molecule has 0 radical (unpaired) electrons. The zero-order valence-electron chi connectivity index (χ0n) is 13.1. The second kappa shape index (κ2) is 6.91. The average Bonchev–Trinajstić information content (AvgIpc) is 3.26. The molecule has 2 aromatic rings. The van der Waals surface area contributed by atoms with E-state index in [0.717, 1.165) is 18.4 Å². The molecule has 1 amide bonds. The number of nitrogens with one attached hydrogen (secondary N) is 1. The Hall–Kier alpha value is -2.21. The van der Waals surface area contributed by atoms with Gasteiger partial charge in [-0.25, -0.2) is 9.37 Å². The van der Waals surface area contributed by atoms with Crippen LogP contribution in [0, 0.1) is 5.82 Å². The van der Waals surface area contributed by atoms with Crippen LogP contribution < -0.4 is 5.32 Å². The summed E-state index contributed by atoms with van der Waals surface area (Å²) in [5, 5.41) is 2.69. The molecule has 1 aromatic heterocycles. The first-order valence-corrected chi connectivity index (χ1v) is 7.87. The van der Waals surface area contributed by atoms with E-state index in [1.54, 1.807) is 12.1 Å². The number of carbonyl (C=O) groups is 1. The zero-order valence-corrected chi connectivity index (χ0v) is 13.1. The molecule has 122 valence electrons. The van der Waals surface area contributed by atoms with Gasteiger partial charge in [0.05, 0.1) is 6.54 Å². The second-order valence-corrected chi connectivity index (χ2v) is 5.75. The van der Waals surface area contributed by atoms with Crippen molar-refractivity contribution in [3.63, 3.8) is 0 Å². The zero-order chi connectivity index (χ0) is 16.2. The third-order valence-electron chi connectivity index (χ3n) is 3.80. The lowest BCUT2D eigenvalue weighted by Crippen LogP contribution is -2.26. The molecule has 1 heterocycles. The predicted molar refractivity (Wildman–Crippen MR) is 83.2 cm³/mol. The van der Waals surface area contributed by atoms with Crippen molar-refractivity contribution in [1.82, 2.24) is 15.2 Å². The smallest absolute Gasteiger partial charge is 0.273 e. The van der Waals surface area contributed by atoms with Gasteiger partial charge >= 0.3 is 0 Å². The van der Waals surface area contributed by atoms with Crippen molar-refractivity contribution < 1.29 is 13.6 Å². The van der Waals surface area contributed by atoms with E-state index in [4.69, 9.17) is 4.42 Å². The lowest BCUT2D eigenvalue weighted by Gasteiger charge is -2.20. The maximum absolute atomic E-state index is 13.3. The number of oxazole rings is 1. The Labute approximate surface area is 134 Å². The van der Waals surface area contributed by atoms with E-state index < -0.39 is 0 Å². The van der Waals surface area contributed by atoms with Gasteiger partial charge in [0.2, 0.25) is 5.89 Å². The summed E-state index contributed by atoms with van der Waals surface area (Å²) in [5.41, 5.74) is 1.22. The number of amides is 1. The quantitative estimate of drug-likeness (QED) is 0.853. The molecule has 6 heteroatoms. The van der Waals surface area contributed by atoms with E-state index in [2.05, 4.69) is 15.2 Å². The summed E-state index contributed by atoms with van der Waals surface area (Å²) >= 11 is 0. The summed E-state index contributed by atoms with van der Waals surface area (Å²) in [5.74, 6) is 0.0491. The third kappa shape index (κ3) is 4.16. The van der Waals surface area contributed by atoms with E-state index in [-0.39, 0.29) is 11.7 Å². The van der Waals surface area contributed by atoms with Crippen LogP contribution in [-0.2, 0) is 13.1 Å². The normalized spacial score (nSPS) is 14.2. The molecule has 1 N–H and O–H groups in total. The summed E-state index contributed by atoms with van der Waals surface area (Å²) < 4.78 is 18.7. The predicted octanol–water partition coefficient (Wildman–Crippen LogP) is 2.73. The van der Waals surface area contributed by atoms with Crippen LogP contribution in [0.15, 0.2) is 34.9 Å². The van der Waals surface area contributed by atoms with Gasteiger partial charge in [0.1, 0.15) is 12.1 Å². The number of carbonyl (C=O) groups excluding carboxylic acids is 1. The van der Waals surface area contributed by atoms with Gasteiger partial charge in [0.25, 0.3) is 5.91 Å². The summed E-state index contributed by atoms with van der Waals surface area (Å²) in [6, 6.07) is 7.09. The fourth-order valence-corrected chi connectivity index (χ4v) is 2.54. The minimum Gasteiger partial charge on any atom is -0.447 e. The summed E-state index contributed by atoms with van der Waals surface area (Å²) in [6.07, 6.45) is 3.63. The van der Waals surface area contributed by atoms with E-state index in [1.165, 1.54) is 12.3 Å². The summed E-state index contributed by atoms with van der Waals surface area (Å²) in [4.78, 5) is 18.2. The Morgan fingerprint density at radius 3 is 2.96 bits per heavy atom. The SMILES string of the molecule is CCNC(=O)c1coc(CN(Cc2cccc(F)c2)C2CC2)n1. The van der Waals surface area contributed by atoms with Crippen molar-refractivity contribution in [2.45, 2.75) is 38.9 Å². The van der Waals surface area contributed by atoms with Gasteiger partial charge in [-0.15, -0.1) is 0 Å².